The molecule has 1 atom stereocenters. The molecule has 0 spiro atoms. The van der Waals surface area contributed by atoms with Crippen LogP contribution in [0.25, 0.3) is 22.4 Å². The van der Waals surface area contributed by atoms with Crippen molar-refractivity contribution in [3.63, 3.8) is 0 Å². The highest BCUT2D eigenvalue weighted by atomic mass is 16.5. The topological polar surface area (TPSA) is 93.4 Å². The summed E-state index contributed by atoms with van der Waals surface area (Å²) in [6, 6.07) is 17.7. The lowest BCUT2D eigenvalue weighted by molar-refractivity contribution is -0.126. The molecule has 0 unspecified atom stereocenters. The van der Waals surface area contributed by atoms with Gasteiger partial charge >= 0.3 is 0 Å². The van der Waals surface area contributed by atoms with Crippen molar-refractivity contribution in [2.24, 2.45) is 5.92 Å². The Hall–Kier alpha value is -3.94. The van der Waals surface area contributed by atoms with E-state index >= 15 is 0 Å². The third kappa shape index (κ3) is 4.31. The molecule has 5 rings (SSSR count). The lowest BCUT2D eigenvalue weighted by Crippen LogP contribution is -2.41. The Bertz CT molecular complexity index is 1260. The van der Waals surface area contributed by atoms with Crippen LogP contribution < -0.4 is 15.0 Å². The van der Waals surface area contributed by atoms with Gasteiger partial charge in [-0.3, -0.25) is 4.79 Å². The number of amides is 1. The average Bonchev–Trinajstić information content (AvgIpc) is 3.34. The highest BCUT2D eigenvalue weighted by Crippen LogP contribution is 2.35. The summed E-state index contributed by atoms with van der Waals surface area (Å²) < 4.78 is 10.8. The molecule has 1 aliphatic rings. The molecule has 1 N–H and O–H groups in total. The van der Waals surface area contributed by atoms with Crippen LogP contribution >= 0.6 is 0 Å². The first-order valence-electron chi connectivity index (χ1n) is 11.5. The van der Waals surface area contributed by atoms with Crippen LogP contribution in [0.3, 0.4) is 0 Å². The van der Waals surface area contributed by atoms with Crippen molar-refractivity contribution in [3.8, 4) is 17.0 Å². The minimum Gasteiger partial charge on any atom is -0.497 e. The highest BCUT2D eigenvalue weighted by molar-refractivity contribution is 5.98. The molecule has 8 nitrogen and oxygen atoms in total. The Morgan fingerprint density at radius 1 is 1.09 bits per heavy atom. The van der Waals surface area contributed by atoms with Crippen LogP contribution in [0, 0.1) is 5.92 Å². The fraction of sp³-hybridized carbons (Fsp3) is 0.308. The number of anilines is 1. The van der Waals surface area contributed by atoms with E-state index in [-0.39, 0.29) is 17.9 Å². The van der Waals surface area contributed by atoms with E-state index in [9.17, 15) is 4.79 Å². The number of methoxy groups -OCH3 is 1. The predicted octanol–water partition coefficient (Wildman–Crippen LogP) is 4.39. The maximum Gasteiger partial charge on any atom is 0.263 e. The van der Waals surface area contributed by atoms with Gasteiger partial charge < -0.3 is 19.5 Å². The molecule has 0 radical (unpaired) electrons. The zero-order valence-corrected chi connectivity index (χ0v) is 19.3. The largest absolute Gasteiger partial charge is 0.497 e. The van der Waals surface area contributed by atoms with Crippen molar-refractivity contribution in [1.82, 2.24) is 20.4 Å². The van der Waals surface area contributed by atoms with E-state index in [1.54, 1.807) is 7.11 Å². The Morgan fingerprint density at radius 2 is 1.82 bits per heavy atom. The SMILES string of the molecule is COc1ccc(-c2noc3ncnc(N4CCC(C(=O)N[C@H](C)c5ccccc5)CC4)c23)cc1. The predicted molar refractivity (Wildman–Crippen MR) is 130 cm³/mol. The molecule has 2 aromatic heterocycles. The molecule has 2 aromatic carbocycles. The number of carbonyl (C=O) groups excluding carboxylic acids is 1. The number of fused-ring (bicyclic) bond motifs is 1. The van der Waals surface area contributed by atoms with E-state index in [2.05, 4.69) is 25.3 Å². The Kier molecular flexibility index (Phi) is 6.12. The molecule has 1 amide bonds. The van der Waals surface area contributed by atoms with Crippen LogP contribution in [-0.4, -0.2) is 41.2 Å². The third-order valence-electron chi connectivity index (χ3n) is 6.44. The van der Waals surface area contributed by atoms with Gasteiger partial charge in [0, 0.05) is 24.6 Å². The van der Waals surface area contributed by atoms with Gasteiger partial charge in [0.1, 0.15) is 29.0 Å². The molecule has 0 aliphatic carbocycles. The first-order valence-corrected chi connectivity index (χ1v) is 11.5. The number of benzene rings is 2. The first kappa shape index (κ1) is 21.9. The van der Waals surface area contributed by atoms with Crippen LogP contribution in [0.15, 0.2) is 65.4 Å². The third-order valence-corrected chi connectivity index (χ3v) is 6.44. The van der Waals surface area contributed by atoms with Crippen LogP contribution in [-0.2, 0) is 4.79 Å². The van der Waals surface area contributed by atoms with Gasteiger partial charge in [-0.25, -0.2) is 4.98 Å². The molecule has 174 valence electrons. The van der Waals surface area contributed by atoms with Gasteiger partial charge in [-0.2, -0.15) is 4.98 Å². The van der Waals surface area contributed by atoms with Crippen molar-refractivity contribution in [1.29, 1.82) is 0 Å². The normalized spacial score (nSPS) is 15.3. The van der Waals surface area contributed by atoms with Crippen molar-refractivity contribution in [3.05, 3.63) is 66.5 Å². The molecular weight excluding hydrogens is 430 g/mol. The lowest BCUT2D eigenvalue weighted by atomic mass is 9.95. The number of hydrogen-bond acceptors (Lipinski definition) is 7. The smallest absolute Gasteiger partial charge is 0.263 e. The molecular formula is C26H27N5O3. The van der Waals surface area contributed by atoms with Gasteiger partial charge in [0.15, 0.2) is 0 Å². The molecule has 3 heterocycles. The summed E-state index contributed by atoms with van der Waals surface area (Å²) in [6.45, 7) is 3.46. The van der Waals surface area contributed by atoms with Crippen LogP contribution in [0.4, 0.5) is 5.82 Å². The fourth-order valence-electron chi connectivity index (χ4n) is 4.47. The number of ether oxygens (including phenoxy) is 1. The van der Waals surface area contributed by atoms with Crippen LogP contribution in [0.5, 0.6) is 5.75 Å². The molecule has 0 saturated carbocycles. The molecule has 1 fully saturated rings. The van der Waals surface area contributed by atoms with Crippen LogP contribution in [0.2, 0.25) is 0 Å². The van der Waals surface area contributed by atoms with E-state index in [4.69, 9.17) is 9.26 Å². The maximum atomic E-state index is 12.9. The summed E-state index contributed by atoms with van der Waals surface area (Å²) in [5.41, 5.74) is 3.16. The summed E-state index contributed by atoms with van der Waals surface area (Å²) in [5.74, 6) is 1.64. The number of hydrogen-bond donors (Lipinski definition) is 1. The summed E-state index contributed by atoms with van der Waals surface area (Å²) in [4.78, 5) is 23.9. The molecule has 1 saturated heterocycles. The van der Waals surface area contributed by atoms with Crippen molar-refractivity contribution in [2.75, 3.05) is 25.1 Å². The number of carbonyl (C=O) groups is 1. The second-order valence-electron chi connectivity index (χ2n) is 8.54. The minimum atomic E-state index is -0.0247. The van der Waals surface area contributed by atoms with Gasteiger partial charge in [0.2, 0.25) is 5.91 Å². The van der Waals surface area contributed by atoms with Gasteiger partial charge in [-0.15, -0.1) is 0 Å². The molecule has 1 aliphatic heterocycles. The standard InChI is InChI=1S/C26H27N5O3/c1-17(18-6-4-3-5-7-18)29-25(32)20-12-14-31(15-13-20)24-22-23(30-34-26(22)28-16-27-24)19-8-10-21(33-2)11-9-19/h3-11,16-17,20H,12-15H2,1-2H3,(H,29,32)/t17-/m1/s1. The van der Waals surface area contributed by atoms with Crippen molar-refractivity contribution < 1.29 is 14.1 Å². The summed E-state index contributed by atoms with van der Waals surface area (Å²) in [7, 11) is 1.64. The van der Waals surface area contributed by atoms with Gasteiger partial charge in [0.25, 0.3) is 5.71 Å². The second-order valence-corrected chi connectivity index (χ2v) is 8.54. The molecule has 4 aromatic rings. The highest BCUT2D eigenvalue weighted by Gasteiger charge is 2.29. The Morgan fingerprint density at radius 3 is 2.53 bits per heavy atom. The number of nitrogens with zero attached hydrogens (tertiary/aromatic N) is 4. The van der Waals surface area contributed by atoms with Gasteiger partial charge in [0.05, 0.1) is 13.2 Å². The Balaban J connectivity index is 1.31. The lowest BCUT2D eigenvalue weighted by Gasteiger charge is -2.32. The minimum absolute atomic E-state index is 0.0164. The summed E-state index contributed by atoms with van der Waals surface area (Å²) in [5, 5.41) is 8.23. The van der Waals surface area contributed by atoms with E-state index in [0.29, 0.717) is 11.4 Å². The zero-order valence-electron chi connectivity index (χ0n) is 19.3. The second kappa shape index (κ2) is 9.51. The van der Waals surface area contributed by atoms with E-state index in [1.807, 2.05) is 61.5 Å². The monoisotopic (exact) mass is 457 g/mol. The average molecular weight is 458 g/mol. The summed E-state index contributed by atoms with van der Waals surface area (Å²) >= 11 is 0. The molecule has 8 heteroatoms. The van der Waals surface area contributed by atoms with Crippen LogP contribution in [0.1, 0.15) is 31.4 Å². The number of aromatic nitrogens is 3. The van der Waals surface area contributed by atoms with Crippen molar-refractivity contribution >= 4 is 22.8 Å². The molecule has 34 heavy (non-hydrogen) atoms. The zero-order chi connectivity index (χ0) is 23.5. The number of piperidine rings is 1. The van der Waals surface area contributed by atoms with E-state index in [0.717, 1.165) is 54.0 Å². The first-order chi connectivity index (χ1) is 16.6. The van der Waals surface area contributed by atoms with Crippen molar-refractivity contribution in [2.45, 2.75) is 25.8 Å². The maximum absolute atomic E-state index is 12.9. The molecule has 0 bridgehead atoms. The Labute approximate surface area is 197 Å². The van der Waals surface area contributed by atoms with Gasteiger partial charge in [-0.1, -0.05) is 35.5 Å². The van der Waals surface area contributed by atoms with Gasteiger partial charge in [-0.05, 0) is 49.6 Å². The number of nitrogens with one attached hydrogen (secondary N) is 1. The van der Waals surface area contributed by atoms with E-state index in [1.165, 1.54) is 6.33 Å². The number of rotatable bonds is 6. The fourth-order valence-corrected chi connectivity index (χ4v) is 4.47. The summed E-state index contributed by atoms with van der Waals surface area (Å²) in [6.07, 6.45) is 3.00. The quantitative estimate of drug-likeness (QED) is 0.459. The van der Waals surface area contributed by atoms with E-state index < -0.39 is 0 Å².